The van der Waals surface area contributed by atoms with Crippen molar-refractivity contribution in [2.45, 2.75) is 40.2 Å². The van der Waals surface area contributed by atoms with Crippen LogP contribution in [0.4, 0.5) is 0 Å². The number of nitrogens with zero attached hydrogens (tertiary/aromatic N) is 1. The van der Waals surface area contributed by atoms with E-state index in [0.29, 0.717) is 13.0 Å². The highest BCUT2D eigenvalue weighted by Gasteiger charge is 2.05. The molecule has 102 valence electrons. The van der Waals surface area contributed by atoms with Crippen LogP contribution in [-0.2, 0) is 23.1 Å². The Hall–Kier alpha value is -1.29. The molecule has 1 aromatic heterocycles. The first-order valence-corrected chi connectivity index (χ1v) is 6.54. The Kier molecular flexibility index (Phi) is 5.92. The van der Waals surface area contributed by atoms with Gasteiger partial charge in [0.2, 0.25) is 0 Å². The van der Waals surface area contributed by atoms with Gasteiger partial charge in [-0.25, -0.2) is 0 Å². The number of nitrogens with one attached hydrogen (secondary N) is 1. The van der Waals surface area contributed by atoms with Crippen LogP contribution in [-0.4, -0.2) is 23.7 Å². The minimum atomic E-state index is -0.106. The molecule has 1 rings (SSSR count). The summed E-state index contributed by atoms with van der Waals surface area (Å²) >= 11 is 0. The smallest absolute Gasteiger partial charge is 0.305 e. The maximum Gasteiger partial charge on any atom is 0.305 e. The fraction of sp³-hybridized carbons (Fsp3) is 0.643. The molecule has 0 aromatic carbocycles. The molecular weight excluding hydrogens is 228 g/mol. The van der Waals surface area contributed by atoms with Crippen LogP contribution in [0, 0.1) is 13.8 Å². The molecule has 0 atom stereocenters. The van der Waals surface area contributed by atoms with Crippen LogP contribution in [0.3, 0.4) is 0 Å². The van der Waals surface area contributed by atoms with Crippen LogP contribution in [0.5, 0.6) is 0 Å². The van der Waals surface area contributed by atoms with Crippen molar-refractivity contribution in [2.75, 3.05) is 13.2 Å². The number of ether oxygens (including phenoxy) is 1. The maximum absolute atomic E-state index is 11.1. The van der Waals surface area contributed by atoms with Gasteiger partial charge in [0.25, 0.3) is 0 Å². The summed E-state index contributed by atoms with van der Waals surface area (Å²) in [7, 11) is 2.08. The summed E-state index contributed by atoms with van der Waals surface area (Å²) in [6, 6.07) is 2.20. The molecule has 0 amide bonds. The molecule has 4 nitrogen and oxygen atoms in total. The molecule has 1 N–H and O–H groups in total. The van der Waals surface area contributed by atoms with Gasteiger partial charge in [-0.1, -0.05) is 0 Å². The van der Waals surface area contributed by atoms with Crippen LogP contribution >= 0.6 is 0 Å². The van der Waals surface area contributed by atoms with Crippen molar-refractivity contribution in [1.82, 2.24) is 9.88 Å². The highest BCUT2D eigenvalue weighted by molar-refractivity contribution is 5.69. The predicted molar refractivity (Wildman–Crippen MR) is 72.5 cm³/mol. The van der Waals surface area contributed by atoms with Crippen molar-refractivity contribution in [3.8, 4) is 0 Å². The summed E-state index contributed by atoms with van der Waals surface area (Å²) in [5, 5.41) is 3.36. The number of aryl methyl sites for hydroxylation is 1. The number of carbonyl (C=O) groups excluding carboxylic acids is 1. The van der Waals surface area contributed by atoms with E-state index in [1.165, 1.54) is 17.0 Å². The summed E-state index contributed by atoms with van der Waals surface area (Å²) in [5.74, 6) is -0.106. The number of aromatic nitrogens is 1. The molecule has 0 spiro atoms. The molecule has 0 unspecified atom stereocenters. The molecule has 0 aliphatic carbocycles. The normalized spacial score (nSPS) is 10.7. The second kappa shape index (κ2) is 7.21. The molecule has 0 aliphatic rings. The monoisotopic (exact) mass is 252 g/mol. The average Bonchev–Trinajstić information content (AvgIpc) is 2.57. The number of hydrogen-bond donors (Lipinski definition) is 1. The largest absolute Gasteiger partial charge is 0.466 e. The number of esters is 1. The van der Waals surface area contributed by atoms with Crippen molar-refractivity contribution < 1.29 is 9.53 Å². The van der Waals surface area contributed by atoms with Gasteiger partial charge in [-0.3, -0.25) is 4.79 Å². The van der Waals surface area contributed by atoms with E-state index in [9.17, 15) is 4.79 Å². The lowest BCUT2D eigenvalue weighted by atomic mass is 10.2. The highest BCUT2D eigenvalue weighted by Crippen LogP contribution is 2.12. The van der Waals surface area contributed by atoms with Gasteiger partial charge in [-0.2, -0.15) is 0 Å². The molecule has 0 fully saturated rings. The second-order valence-electron chi connectivity index (χ2n) is 4.54. The molecule has 0 bridgehead atoms. The first kappa shape index (κ1) is 14.8. The molecule has 0 radical (unpaired) electrons. The topological polar surface area (TPSA) is 43.3 Å². The van der Waals surface area contributed by atoms with Gasteiger partial charge in [-0.15, -0.1) is 0 Å². The zero-order valence-electron chi connectivity index (χ0n) is 11.9. The summed E-state index contributed by atoms with van der Waals surface area (Å²) in [5.41, 5.74) is 3.90. The molecular formula is C14H24N2O2. The Morgan fingerprint density at radius 3 is 2.72 bits per heavy atom. The van der Waals surface area contributed by atoms with E-state index in [-0.39, 0.29) is 5.97 Å². The molecule has 0 aliphatic heterocycles. The summed E-state index contributed by atoms with van der Waals surface area (Å²) in [4.78, 5) is 11.1. The standard InChI is InChI=1S/C14H24N2O2/c1-5-18-14(17)7-6-8-15-10-13-9-11(2)16(4)12(13)3/h9,15H,5-8,10H2,1-4H3. The first-order valence-electron chi connectivity index (χ1n) is 6.54. The van der Waals surface area contributed by atoms with Crippen LogP contribution in [0.25, 0.3) is 0 Å². The predicted octanol–water partition coefficient (Wildman–Crippen LogP) is 2.07. The number of carbonyl (C=O) groups is 1. The Bertz CT molecular complexity index is 397. The van der Waals surface area contributed by atoms with Gasteiger partial charge < -0.3 is 14.6 Å². The third-order valence-corrected chi connectivity index (χ3v) is 3.24. The zero-order valence-corrected chi connectivity index (χ0v) is 11.9. The fourth-order valence-electron chi connectivity index (χ4n) is 1.93. The van der Waals surface area contributed by atoms with Gasteiger partial charge >= 0.3 is 5.97 Å². The average molecular weight is 252 g/mol. The summed E-state index contributed by atoms with van der Waals surface area (Å²) in [6.45, 7) is 8.23. The van der Waals surface area contributed by atoms with Gasteiger partial charge in [0.1, 0.15) is 0 Å². The van der Waals surface area contributed by atoms with Crippen LogP contribution < -0.4 is 5.32 Å². The quantitative estimate of drug-likeness (QED) is 0.597. The lowest BCUT2D eigenvalue weighted by Crippen LogP contribution is -2.16. The van der Waals surface area contributed by atoms with E-state index in [1.807, 2.05) is 6.92 Å². The number of rotatable bonds is 7. The van der Waals surface area contributed by atoms with Gasteiger partial charge in [0.15, 0.2) is 0 Å². The van der Waals surface area contributed by atoms with E-state index in [1.54, 1.807) is 0 Å². The minimum absolute atomic E-state index is 0.106. The Balaban J connectivity index is 2.22. The Labute approximate surface area is 109 Å². The lowest BCUT2D eigenvalue weighted by Gasteiger charge is -2.05. The van der Waals surface area contributed by atoms with Gasteiger partial charge in [0, 0.05) is 31.4 Å². The number of hydrogen-bond acceptors (Lipinski definition) is 3. The molecule has 0 saturated carbocycles. The first-order chi connectivity index (χ1) is 8.56. The van der Waals surface area contributed by atoms with Gasteiger partial charge in [-0.05, 0) is 45.4 Å². The maximum atomic E-state index is 11.1. The summed E-state index contributed by atoms with van der Waals surface area (Å²) in [6.07, 6.45) is 1.32. The zero-order chi connectivity index (χ0) is 13.5. The summed E-state index contributed by atoms with van der Waals surface area (Å²) < 4.78 is 7.06. The molecule has 0 saturated heterocycles. The van der Waals surface area contributed by atoms with Crippen LogP contribution in [0.15, 0.2) is 6.07 Å². The Morgan fingerprint density at radius 2 is 2.17 bits per heavy atom. The molecule has 18 heavy (non-hydrogen) atoms. The van der Waals surface area contributed by atoms with Crippen molar-refractivity contribution in [2.24, 2.45) is 7.05 Å². The molecule has 1 aromatic rings. The van der Waals surface area contributed by atoms with Crippen molar-refractivity contribution in [3.05, 3.63) is 23.0 Å². The third-order valence-electron chi connectivity index (χ3n) is 3.24. The van der Waals surface area contributed by atoms with E-state index in [4.69, 9.17) is 4.74 Å². The van der Waals surface area contributed by atoms with E-state index in [0.717, 1.165) is 19.5 Å². The third kappa shape index (κ3) is 4.18. The van der Waals surface area contributed by atoms with E-state index < -0.39 is 0 Å². The van der Waals surface area contributed by atoms with Gasteiger partial charge in [0.05, 0.1) is 6.61 Å². The highest BCUT2D eigenvalue weighted by atomic mass is 16.5. The lowest BCUT2D eigenvalue weighted by molar-refractivity contribution is -0.143. The Morgan fingerprint density at radius 1 is 1.44 bits per heavy atom. The van der Waals surface area contributed by atoms with Crippen LogP contribution in [0.1, 0.15) is 36.7 Å². The van der Waals surface area contributed by atoms with Crippen molar-refractivity contribution in [1.29, 1.82) is 0 Å². The van der Waals surface area contributed by atoms with Crippen molar-refractivity contribution in [3.63, 3.8) is 0 Å². The van der Waals surface area contributed by atoms with Crippen molar-refractivity contribution >= 4 is 5.97 Å². The molecule has 4 heteroatoms. The van der Waals surface area contributed by atoms with E-state index >= 15 is 0 Å². The van der Waals surface area contributed by atoms with Crippen LogP contribution in [0.2, 0.25) is 0 Å². The fourth-order valence-corrected chi connectivity index (χ4v) is 1.93. The molecule has 1 heterocycles. The second-order valence-corrected chi connectivity index (χ2v) is 4.54. The minimum Gasteiger partial charge on any atom is -0.466 e. The van der Waals surface area contributed by atoms with E-state index in [2.05, 4.69) is 36.8 Å². The SMILES string of the molecule is CCOC(=O)CCCNCc1cc(C)n(C)c1C.